The highest BCUT2D eigenvalue weighted by atomic mass is 35.5. The minimum absolute atomic E-state index is 0.0986. The van der Waals surface area contributed by atoms with Gasteiger partial charge in [-0.2, -0.15) is 0 Å². The van der Waals surface area contributed by atoms with Crippen LogP contribution in [-0.4, -0.2) is 12.5 Å². The normalized spacial score (nSPS) is 12.0. The van der Waals surface area contributed by atoms with Gasteiger partial charge >= 0.3 is 0 Å². The van der Waals surface area contributed by atoms with Crippen LogP contribution in [0, 0.1) is 10.8 Å². The fourth-order valence-electron chi connectivity index (χ4n) is 3.14. The first kappa shape index (κ1) is 23.6. The Balaban J connectivity index is 2.13. The van der Waals surface area contributed by atoms with E-state index in [1.807, 2.05) is 6.07 Å². The molecule has 158 valence electrons. The minimum atomic E-state index is -0.283. The van der Waals surface area contributed by atoms with Crippen molar-refractivity contribution >= 4 is 34.8 Å². The zero-order valence-corrected chi connectivity index (χ0v) is 19.7. The maximum absolute atomic E-state index is 12.4. The van der Waals surface area contributed by atoms with Crippen LogP contribution in [0.2, 0.25) is 10.0 Å². The van der Waals surface area contributed by atoms with Crippen molar-refractivity contribution in [1.82, 2.24) is 0 Å². The van der Waals surface area contributed by atoms with E-state index in [2.05, 4.69) is 59.0 Å². The van der Waals surface area contributed by atoms with Crippen molar-refractivity contribution < 1.29 is 9.53 Å². The van der Waals surface area contributed by atoms with Crippen LogP contribution < -0.4 is 10.1 Å². The smallest absolute Gasteiger partial charge is 0.262 e. The summed E-state index contributed by atoms with van der Waals surface area (Å²) in [7, 11) is 0. The van der Waals surface area contributed by atoms with Crippen LogP contribution in [0.25, 0.3) is 0 Å². The molecule has 0 saturated heterocycles. The molecule has 0 aliphatic rings. The average Bonchev–Trinajstić information content (AvgIpc) is 2.55. The second-order valence-corrected chi connectivity index (χ2v) is 10.6. The van der Waals surface area contributed by atoms with Crippen molar-refractivity contribution in [1.29, 1.82) is 0 Å². The molecule has 0 fully saturated rings. The Morgan fingerprint density at radius 1 is 0.966 bits per heavy atom. The number of halogens is 2. The molecule has 0 heterocycles. The lowest BCUT2D eigenvalue weighted by atomic mass is 9.84. The standard InChI is InChI=1S/C24H31Cl2NO2/c1-23(2,3)13-16-10-11-20(17(12-16)14-24(4,5)6)29-15-21(28)27-19-9-7-8-18(25)22(19)26/h7-12H,13-15H2,1-6H3,(H,27,28). The first-order valence-electron chi connectivity index (χ1n) is 9.82. The molecule has 3 nitrogen and oxygen atoms in total. The van der Waals surface area contributed by atoms with E-state index in [1.165, 1.54) is 5.56 Å². The SMILES string of the molecule is CC(C)(C)Cc1ccc(OCC(=O)Nc2cccc(Cl)c2Cl)c(CC(C)(C)C)c1. The highest BCUT2D eigenvalue weighted by molar-refractivity contribution is 6.43. The van der Waals surface area contributed by atoms with E-state index in [-0.39, 0.29) is 23.3 Å². The van der Waals surface area contributed by atoms with Gasteiger partial charge in [0.1, 0.15) is 5.75 Å². The van der Waals surface area contributed by atoms with E-state index in [9.17, 15) is 4.79 Å². The lowest BCUT2D eigenvalue weighted by Gasteiger charge is -2.23. The number of anilines is 1. The van der Waals surface area contributed by atoms with E-state index >= 15 is 0 Å². The van der Waals surface area contributed by atoms with Gasteiger partial charge in [-0.05, 0) is 53.0 Å². The fourth-order valence-corrected chi connectivity index (χ4v) is 3.48. The van der Waals surface area contributed by atoms with Crippen molar-refractivity contribution in [3.8, 4) is 5.75 Å². The molecule has 0 saturated carbocycles. The van der Waals surface area contributed by atoms with Gasteiger partial charge in [0, 0.05) is 0 Å². The molecule has 5 heteroatoms. The van der Waals surface area contributed by atoms with Crippen LogP contribution in [-0.2, 0) is 17.6 Å². The van der Waals surface area contributed by atoms with E-state index in [4.69, 9.17) is 27.9 Å². The van der Waals surface area contributed by atoms with Gasteiger partial charge in [-0.25, -0.2) is 0 Å². The highest BCUT2D eigenvalue weighted by Gasteiger charge is 2.18. The van der Waals surface area contributed by atoms with Gasteiger partial charge in [0.2, 0.25) is 0 Å². The number of amides is 1. The summed E-state index contributed by atoms with van der Waals surface area (Å²) in [5, 5.41) is 3.47. The molecule has 0 aliphatic heterocycles. The topological polar surface area (TPSA) is 38.3 Å². The van der Waals surface area contributed by atoms with Crippen LogP contribution in [0.1, 0.15) is 52.7 Å². The summed E-state index contributed by atoms with van der Waals surface area (Å²) in [6, 6.07) is 11.4. The van der Waals surface area contributed by atoms with Gasteiger partial charge in [-0.1, -0.05) is 82.9 Å². The Bertz CT molecular complexity index is 864. The van der Waals surface area contributed by atoms with Crippen LogP contribution in [0.4, 0.5) is 5.69 Å². The number of ether oxygens (including phenoxy) is 1. The maximum atomic E-state index is 12.4. The molecule has 0 bridgehead atoms. The predicted octanol–water partition coefficient (Wildman–Crippen LogP) is 7.19. The molecule has 2 aromatic rings. The van der Waals surface area contributed by atoms with Crippen molar-refractivity contribution in [3.63, 3.8) is 0 Å². The molecule has 2 aromatic carbocycles. The van der Waals surface area contributed by atoms with Crippen LogP contribution >= 0.6 is 23.2 Å². The zero-order valence-electron chi connectivity index (χ0n) is 18.2. The molecule has 0 spiro atoms. The third-order valence-electron chi connectivity index (χ3n) is 4.16. The Hall–Kier alpha value is -1.71. The maximum Gasteiger partial charge on any atom is 0.262 e. The Morgan fingerprint density at radius 2 is 1.62 bits per heavy atom. The second-order valence-electron chi connectivity index (χ2n) is 9.86. The summed E-state index contributed by atoms with van der Waals surface area (Å²) in [5.74, 6) is 0.458. The quantitative estimate of drug-likeness (QED) is 0.521. The molecular formula is C24H31Cl2NO2. The molecule has 0 atom stereocenters. The Labute approximate surface area is 184 Å². The number of carbonyl (C=O) groups excluding carboxylic acids is 1. The second kappa shape index (κ2) is 9.40. The lowest BCUT2D eigenvalue weighted by molar-refractivity contribution is -0.118. The van der Waals surface area contributed by atoms with E-state index in [1.54, 1.807) is 18.2 Å². The van der Waals surface area contributed by atoms with Crippen LogP contribution in [0.15, 0.2) is 36.4 Å². The summed E-state index contributed by atoms with van der Waals surface area (Å²) < 4.78 is 5.88. The molecule has 1 N–H and O–H groups in total. The van der Waals surface area contributed by atoms with Gasteiger partial charge in [0.15, 0.2) is 6.61 Å². The average molecular weight is 436 g/mol. The largest absolute Gasteiger partial charge is 0.483 e. The van der Waals surface area contributed by atoms with Gasteiger partial charge < -0.3 is 10.1 Å². The van der Waals surface area contributed by atoms with E-state index < -0.39 is 0 Å². The molecule has 2 rings (SSSR count). The third kappa shape index (κ3) is 7.91. The molecular weight excluding hydrogens is 405 g/mol. The number of benzene rings is 2. The Kier molecular flexibility index (Phi) is 7.64. The van der Waals surface area contributed by atoms with Gasteiger partial charge in [0.25, 0.3) is 5.91 Å². The van der Waals surface area contributed by atoms with Crippen molar-refractivity contribution in [2.75, 3.05) is 11.9 Å². The number of hydrogen-bond donors (Lipinski definition) is 1. The lowest BCUT2D eigenvalue weighted by Crippen LogP contribution is -2.21. The van der Waals surface area contributed by atoms with Gasteiger partial charge in [-0.3, -0.25) is 4.79 Å². The number of rotatable bonds is 6. The molecule has 1 amide bonds. The monoisotopic (exact) mass is 435 g/mol. The van der Waals surface area contributed by atoms with Crippen molar-refractivity contribution in [2.24, 2.45) is 10.8 Å². The number of hydrogen-bond acceptors (Lipinski definition) is 2. The van der Waals surface area contributed by atoms with Gasteiger partial charge in [0.05, 0.1) is 15.7 Å². The molecule has 0 aliphatic carbocycles. The number of nitrogens with one attached hydrogen (secondary N) is 1. The summed E-state index contributed by atoms with van der Waals surface area (Å²) in [6.07, 6.45) is 1.85. The minimum Gasteiger partial charge on any atom is -0.483 e. The van der Waals surface area contributed by atoms with Crippen molar-refractivity contribution in [2.45, 2.75) is 54.4 Å². The summed E-state index contributed by atoms with van der Waals surface area (Å²) in [5.41, 5.74) is 3.18. The van der Waals surface area contributed by atoms with Crippen LogP contribution in [0.3, 0.4) is 0 Å². The van der Waals surface area contributed by atoms with Crippen LogP contribution in [0.5, 0.6) is 5.75 Å². The first-order valence-corrected chi connectivity index (χ1v) is 10.6. The van der Waals surface area contributed by atoms with E-state index in [0.717, 1.165) is 24.2 Å². The molecule has 0 radical (unpaired) electrons. The molecule has 0 unspecified atom stereocenters. The summed E-state index contributed by atoms with van der Waals surface area (Å²) in [4.78, 5) is 12.4. The first-order chi connectivity index (χ1) is 13.3. The third-order valence-corrected chi connectivity index (χ3v) is 4.98. The summed E-state index contributed by atoms with van der Waals surface area (Å²) >= 11 is 12.1. The molecule has 29 heavy (non-hydrogen) atoms. The molecule has 0 aromatic heterocycles. The fraction of sp³-hybridized carbons (Fsp3) is 0.458. The number of carbonyl (C=O) groups is 1. The van der Waals surface area contributed by atoms with E-state index in [0.29, 0.717) is 15.7 Å². The summed E-state index contributed by atoms with van der Waals surface area (Å²) in [6.45, 7) is 13.2. The Morgan fingerprint density at radius 3 is 2.24 bits per heavy atom. The van der Waals surface area contributed by atoms with Crippen molar-refractivity contribution in [3.05, 3.63) is 57.6 Å². The highest BCUT2D eigenvalue weighted by Crippen LogP contribution is 2.31. The zero-order chi connectivity index (χ0) is 21.8. The predicted molar refractivity (Wildman–Crippen MR) is 123 cm³/mol. The van der Waals surface area contributed by atoms with Gasteiger partial charge in [-0.15, -0.1) is 0 Å².